The van der Waals surface area contributed by atoms with Crippen LogP contribution in [0.25, 0.3) is 0 Å². The Morgan fingerprint density at radius 1 is 1.14 bits per heavy atom. The van der Waals surface area contributed by atoms with Crippen LogP contribution in [0.5, 0.6) is 0 Å². The molecule has 1 aliphatic rings. The van der Waals surface area contributed by atoms with Crippen LogP contribution in [-0.4, -0.2) is 52.2 Å². The first-order valence-electron chi connectivity index (χ1n) is 7.40. The largest absolute Gasteiger partial charge is 0.353 e. The lowest BCUT2D eigenvalue weighted by Gasteiger charge is -2.22. The van der Waals surface area contributed by atoms with E-state index in [0.717, 1.165) is 47.5 Å². The second-order valence-electron chi connectivity index (χ2n) is 5.41. The Bertz CT molecular complexity index is 654. The van der Waals surface area contributed by atoms with Crippen LogP contribution in [0.3, 0.4) is 0 Å². The lowest BCUT2D eigenvalue weighted by molar-refractivity contribution is 0.0771. The van der Waals surface area contributed by atoms with Crippen molar-refractivity contribution in [3.8, 4) is 0 Å². The molecule has 0 saturated carbocycles. The fraction of sp³-hybridized carbons (Fsp3) is 0.467. The highest BCUT2D eigenvalue weighted by atomic mass is 32.1. The monoisotopic (exact) mass is 317 g/mol. The number of thiazole rings is 1. The van der Waals surface area contributed by atoms with Crippen LogP contribution < -0.4 is 4.90 Å². The van der Waals surface area contributed by atoms with Gasteiger partial charge in [-0.15, -0.1) is 16.4 Å². The van der Waals surface area contributed by atoms with E-state index in [0.29, 0.717) is 6.54 Å². The summed E-state index contributed by atoms with van der Waals surface area (Å²) < 4.78 is 0. The quantitative estimate of drug-likeness (QED) is 0.846. The molecule has 0 N–H and O–H groups in total. The number of carbonyl (C=O) groups excluding carboxylic acids is 1. The Hall–Kier alpha value is -2.02. The van der Waals surface area contributed by atoms with Crippen molar-refractivity contribution in [1.82, 2.24) is 20.1 Å². The molecule has 0 spiro atoms. The van der Waals surface area contributed by atoms with Gasteiger partial charge in [-0.25, -0.2) is 4.98 Å². The normalized spacial score (nSPS) is 15.7. The highest BCUT2D eigenvalue weighted by Gasteiger charge is 2.22. The van der Waals surface area contributed by atoms with Gasteiger partial charge in [-0.1, -0.05) is 0 Å². The van der Waals surface area contributed by atoms with Crippen molar-refractivity contribution >= 4 is 23.1 Å². The highest BCUT2D eigenvalue weighted by Crippen LogP contribution is 2.17. The Labute approximate surface area is 133 Å². The smallest absolute Gasteiger partial charge is 0.265 e. The third kappa shape index (κ3) is 3.24. The molecule has 0 unspecified atom stereocenters. The number of carbonyl (C=O) groups is 1. The van der Waals surface area contributed by atoms with Gasteiger partial charge in [0.2, 0.25) is 0 Å². The Morgan fingerprint density at radius 3 is 2.68 bits per heavy atom. The molecule has 1 aliphatic heterocycles. The van der Waals surface area contributed by atoms with E-state index >= 15 is 0 Å². The molecular formula is C15H19N5OS. The maximum absolute atomic E-state index is 12.5. The lowest BCUT2D eigenvalue weighted by atomic mass is 10.3. The number of hydrogen-bond acceptors (Lipinski definition) is 6. The van der Waals surface area contributed by atoms with Crippen molar-refractivity contribution in [2.45, 2.75) is 20.3 Å². The summed E-state index contributed by atoms with van der Waals surface area (Å²) in [7, 11) is 0. The van der Waals surface area contributed by atoms with Crippen molar-refractivity contribution in [2.24, 2.45) is 0 Å². The molecular weight excluding hydrogens is 298 g/mol. The van der Waals surface area contributed by atoms with Crippen LogP contribution in [0, 0.1) is 13.8 Å². The number of rotatable bonds is 2. The molecule has 116 valence electrons. The van der Waals surface area contributed by atoms with Crippen molar-refractivity contribution in [3.05, 3.63) is 33.9 Å². The van der Waals surface area contributed by atoms with E-state index in [4.69, 9.17) is 0 Å². The van der Waals surface area contributed by atoms with Gasteiger partial charge in [0.1, 0.15) is 4.88 Å². The summed E-state index contributed by atoms with van der Waals surface area (Å²) in [5, 5.41) is 9.28. The minimum absolute atomic E-state index is 0.0856. The fourth-order valence-corrected chi connectivity index (χ4v) is 3.27. The van der Waals surface area contributed by atoms with Crippen LogP contribution in [0.4, 0.5) is 5.82 Å². The summed E-state index contributed by atoms with van der Waals surface area (Å²) in [6.45, 7) is 6.99. The predicted octanol–water partition coefficient (Wildman–Crippen LogP) is 1.90. The molecule has 22 heavy (non-hydrogen) atoms. The second kappa shape index (κ2) is 6.39. The third-order valence-corrected chi connectivity index (χ3v) is 4.62. The zero-order chi connectivity index (χ0) is 15.5. The molecule has 0 atom stereocenters. The van der Waals surface area contributed by atoms with Gasteiger partial charge in [-0.2, -0.15) is 5.10 Å². The lowest BCUT2D eigenvalue weighted by Crippen LogP contribution is -2.35. The molecule has 2 aromatic heterocycles. The second-order valence-corrected chi connectivity index (χ2v) is 6.64. The maximum Gasteiger partial charge on any atom is 0.265 e. The van der Waals surface area contributed by atoms with Crippen molar-refractivity contribution < 1.29 is 4.79 Å². The summed E-state index contributed by atoms with van der Waals surface area (Å²) in [5.41, 5.74) is 0.913. The number of aromatic nitrogens is 3. The van der Waals surface area contributed by atoms with E-state index in [1.54, 1.807) is 6.20 Å². The first-order chi connectivity index (χ1) is 10.6. The molecule has 0 radical (unpaired) electrons. The van der Waals surface area contributed by atoms with Crippen LogP contribution >= 0.6 is 11.3 Å². The zero-order valence-electron chi connectivity index (χ0n) is 12.8. The third-order valence-electron chi connectivity index (χ3n) is 3.72. The number of hydrogen-bond donors (Lipinski definition) is 0. The maximum atomic E-state index is 12.5. The predicted molar refractivity (Wildman–Crippen MR) is 86.4 cm³/mol. The molecule has 1 fully saturated rings. The van der Waals surface area contributed by atoms with Gasteiger partial charge in [0.25, 0.3) is 5.91 Å². The SMILES string of the molecule is Cc1ccc(N2CCCN(C(=O)c3cnc(C)s3)CC2)nn1. The van der Waals surface area contributed by atoms with Gasteiger partial charge in [-0.05, 0) is 32.4 Å². The summed E-state index contributed by atoms with van der Waals surface area (Å²) in [6.07, 6.45) is 2.61. The van der Waals surface area contributed by atoms with Gasteiger partial charge in [0.05, 0.1) is 16.9 Å². The van der Waals surface area contributed by atoms with E-state index in [9.17, 15) is 4.79 Å². The van der Waals surface area contributed by atoms with Crippen molar-refractivity contribution in [2.75, 3.05) is 31.1 Å². The molecule has 3 rings (SSSR count). The summed E-state index contributed by atoms with van der Waals surface area (Å²) in [4.78, 5) is 21.5. The molecule has 6 nitrogen and oxygen atoms in total. The number of amides is 1. The minimum Gasteiger partial charge on any atom is -0.353 e. The molecule has 1 saturated heterocycles. The zero-order valence-corrected chi connectivity index (χ0v) is 13.6. The Morgan fingerprint density at radius 2 is 2.00 bits per heavy atom. The van der Waals surface area contributed by atoms with Crippen LogP contribution in [0.15, 0.2) is 18.3 Å². The summed E-state index contributed by atoms with van der Waals surface area (Å²) >= 11 is 1.46. The van der Waals surface area contributed by atoms with Gasteiger partial charge >= 0.3 is 0 Å². The summed E-state index contributed by atoms with van der Waals surface area (Å²) in [6, 6.07) is 3.96. The molecule has 1 amide bonds. The average molecular weight is 317 g/mol. The first kappa shape index (κ1) is 14.9. The Kier molecular flexibility index (Phi) is 4.33. The number of aryl methyl sites for hydroxylation is 2. The van der Waals surface area contributed by atoms with E-state index < -0.39 is 0 Å². The molecule has 0 aliphatic carbocycles. The van der Waals surface area contributed by atoms with Gasteiger partial charge in [-0.3, -0.25) is 4.79 Å². The van der Waals surface area contributed by atoms with E-state index in [1.165, 1.54) is 11.3 Å². The van der Waals surface area contributed by atoms with Gasteiger partial charge in [0.15, 0.2) is 5.82 Å². The van der Waals surface area contributed by atoms with E-state index in [2.05, 4.69) is 20.1 Å². The van der Waals surface area contributed by atoms with Crippen molar-refractivity contribution in [3.63, 3.8) is 0 Å². The molecule has 2 aromatic rings. The van der Waals surface area contributed by atoms with E-state index in [1.807, 2.05) is 30.9 Å². The molecule has 7 heteroatoms. The molecule has 0 aromatic carbocycles. The van der Waals surface area contributed by atoms with Crippen LogP contribution in [-0.2, 0) is 0 Å². The topological polar surface area (TPSA) is 62.2 Å². The standard InChI is InChI=1S/C15H19N5OS/c1-11-4-5-14(18-17-11)19-6-3-7-20(9-8-19)15(21)13-10-16-12(2)22-13/h4-5,10H,3,6-9H2,1-2H3. The minimum atomic E-state index is 0.0856. The average Bonchev–Trinajstić information content (AvgIpc) is 2.81. The van der Waals surface area contributed by atoms with Gasteiger partial charge < -0.3 is 9.80 Å². The first-order valence-corrected chi connectivity index (χ1v) is 8.22. The highest BCUT2D eigenvalue weighted by molar-refractivity contribution is 7.13. The fourth-order valence-electron chi connectivity index (χ4n) is 2.53. The summed E-state index contributed by atoms with van der Waals surface area (Å²) in [5.74, 6) is 0.968. The number of nitrogens with zero attached hydrogens (tertiary/aromatic N) is 5. The Balaban J connectivity index is 1.67. The molecule has 3 heterocycles. The van der Waals surface area contributed by atoms with Crippen LogP contribution in [0.1, 0.15) is 26.8 Å². The van der Waals surface area contributed by atoms with E-state index in [-0.39, 0.29) is 5.91 Å². The number of anilines is 1. The van der Waals surface area contributed by atoms with Crippen LogP contribution in [0.2, 0.25) is 0 Å². The molecule has 0 bridgehead atoms. The van der Waals surface area contributed by atoms with Gasteiger partial charge in [0, 0.05) is 26.2 Å². The van der Waals surface area contributed by atoms with Crippen molar-refractivity contribution in [1.29, 1.82) is 0 Å².